The van der Waals surface area contributed by atoms with Gasteiger partial charge in [0.2, 0.25) is 5.88 Å². The molecule has 1 atom stereocenters. The molecule has 1 aromatic carbocycles. The van der Waals surface area contributed by atoms with E-state index in [2.05, 4.69) is 10.1 Å². The first-order valence-corrected chi connectivity index (χ1v) is 7.31. The average Bonchev–Trinajstić information content (AvgIpc) is 2.93. The summed E-state index contributed by atoms with van der Waals surface area (Å²) in [5.74, 6) is -0.328. The summed E-state index contributed by atoms with van der Waals surface area (Å²) in [7, 11) is 0. The van der Waals surface area contributed by atoms with Crippen LogP contribution in [-0.2, 0) is 0 Å². The minimum absolute atomic E-state index is 0.0897. The number of rotatable bonds is 3. The zero-order valence-corrected chi connectivity index (χ0v) is 13.3. The van der Waals surface area contributed by atoms with E-state index >= 15 is 0 Å². The van der Waals surface area contributed by atoms with E-state index in [4.69, 9.17) is 33.2 Å². The molecule has 0 fully saturated rings. The molecule has 116 valence electrons. The molecule has 0 unspecified atom stereocenters. The maximum absolute atomic E-state index is 13.6. The first-order valence-electron chi connectivity index (χ1n) is 6.55. The van der Waals surface area contributed by atoms with Gasteiger partial charge in [-0.3, -0.25) is 0 Å². The number of aromatic nitrogens is 3. The van der Waals surface area contributed by atoms with E-state index < -0.39 is 11.9 Å². The van der Waals surface area contributed by atoms with Gasteiger partial charge in [-0.1, -0.05) is 23.2 Å². The number of nitriles is 1. The van der Waals surface area contributed by atoms with Gasteiger partial charge in [-0.25, -0.2) is 8.91 Å². The van der Waals surface area contributed by atoms with Crippen molar-refractivity contribution in [3.8, 4) is 11.9 Å². The molecule has 0 spiro atoms. The Labute approximate surface area is 140 Å². The van der Waals surface area contributed by atoms with Crippen LogP contribution < -0.4 is 4.74 Å². The summed E-state index contributed by atoms with van der Waals surface area (Å²) in [6.45, 7) is 1.68. The lowest BCUT2D eigenvalue weighted by Crippen LogP contribution is -2.07. The van der Waals surface area contributed by atoms with Gasteiger partial charge in [0.15, 0.2) is 5.65 Å². The van der Waals surface area contributed by atoms with Crippen molar-refractivity contribution in [3.63, 3.8) is 0 Å². The smallest absolute Gasteiger partial charge is 0.217 e. The molecule has 23 heavy (non-hydrogen) atoms. The molecule has 0 saturated heterocycles. The van der Waals surface area contributed by atoms with Gasteiger partial charge < -0.3 is 4.74 Å². The number of benzene rings is 1. The fraction of sp³-hybridized carbons (Fsp3) is 0.133. The Morgan fingerprint density at radius 3 is 2.87 bits per heavy atom. The fourth-order valence-electron chi connectivity index (χ4n) is 2.15. The molecule has 0 aliphatic heterocycles. The molecule has 0 radical (unpaired) electrons. The van der Waals surface area contributed by atoms with Crippen LogP contribution >= 0.6 is 23.2 Å². The first-order chi connectivity index (χ1) is 11.0. The molecule has 2 aromatic heterocycles. The summed E-state index contributed by atoms with van der Waals surface area (Å²) in [5.41, 5.74) is 1.03. The molecular formula is C15H9Cl2FN4O. The summed E-state index contributed by atoms with van der Waals surface area (Å²) in [6, 6.07) is 6.18. The number of hydrogen-bond acceptors (Lipinski definition) is 4. The Balaban J connectivity index is 1.96. The molecule has 2 heterocycles. The Bertz CT molecular complexity index is 935. The van der Waals surface area contributed by atoms with Crippen LogP contribution in [0.5, 0.6) is 5.88 Å². The van der Waals surface area contributed by atoms with Gasteiger partial charge in [-0.2, -0.15) is 15.3 Å². The largest absolute Gasteiger partial charge is 0.470 e. The highest BCUT2D eigenvalue weighted by molar-refractivity contribution is 6.36. The maximum Gasteiger partial charge on any atom is 0.217 e. The van der Waals surface area contributed by atoms with E-state index in [0.717, 1.165) is 0 Å². The lowest BCUT2D eigenvalue weighted by Gasteiger charge is -2.17. The molecular weight excluding hydrogens is 342 g/mol. The highest BCUT2D eigenvalue weighted by Crippen LogP contribution is 2.34. The highest BCUT2D eigenvalue weighted by atomic mass is 35.5. The molecule has 0 aliphatic carbocycles. The zero-order chi connectivity index (χ0) is 16.6. The van der Waals surface area contributed by atoms with Crippen molar-refractivity contribution in [1.82, 2.24) is 14.6 Å². The summed E-state index contributed by atoms with van der Waals surface area (Å²) >= 11 is 12.0. The second-order valence-corrected chi connectivity index (χ2v) is 5.51. The van der Waals surface area contributed by atoms with Crippen LogP contribution in [-0.4, -0.2) is 14.6 Å². The van der Waals surface area contributed by atoms with Crippen LogP contribution in [0.1, 0.15) is 24.2 Å². The lowest BCUT2D eigenvalue weighted by atomic mass is 10.1. The normalized spacial score (nSPS) is 12.1. The molecule has 0 amide bonds. The number of fused-ring (bicyclic) bond motifs is 1. The van der Waals surface area contributed by atoms with E-state index in [1.807, 2.05) is 6.07 Å². The van der Waals surface area contributed by atoms with Crippen molar-refractivity contribution in [3.05, 3.63) is 57.6 Å². The number of hydrogen-bond donors (Lipinski definition) is 0. The topological polar surface area (TPSA) is 63.2 Å². The van der Waals surface area contributed by atoms with Gasteiger partial charge in [-0.05, 0) is 19.1 Å². The highest BCUT2D eigenvalue weighted by Gasteiger charge is 2.19. The van der Waals surface area contributed by atoms with E-state index in [1.165, 1.54) is 22.8 Å². The van der Waals surface area contributed by atoms with E-state index in [1.54, 1.807) is 19.2 Å². The lowest BCUT2D eigenvalue weighted by molar-refractivity contribution is 0.217. The van der Waals surface area contributed by atoms with Crippen molar-refractivity contribution in [1.29, 1.82) is 5.26 Å². The quantitative estimate of drug-likeness (QED) is 0.664. The minimum atomic E-state index is -0.630. The third-order valence-electron chi connectivity index (χ3n) is 3.25. The molecule has 0 N–H and O–H groups in total. The van der Waals surface area contributed by atoms with Crippen LogP contribution in [0.25, 0.3) is 5.65 Å². The zero-order valence-electron chi connectivity index (χ0n) is 11.8. The van der Waals surface area contributed by atoms with Crippen molar-refractivity contribution >= 4 is 28.8 Å². The summed E-state index contributed by atoms with van der Waals surface area (Å²) < 4.78 is 20.8. The fourth-order valence-corrected chi connectivity index (χ4v) is 2.83. The predicted molar refractivity (Wildman–Crippen MR) is 83.2 cm³/mol. The summed E-state index contributed by atoms with van der Waals surface area (Å²) in [4.78, 5) is 4.23. The maximum atomic E-state index is 13.6. The predicted octanol–water partition coefficient (Wildman–Crippen LogP) is 4.19. The summed E-state index contributed by atoms with van der Waals surface area (Å²) in [6.07, 6.45) is 2.39. The van der Waals surface area contributed by atoms with E-state index in [0.29, 0.717) is 21.8 Å². The number of nitrogens with zero attached hydrogens (tertiary/aromatic N) is 4. The third-order valence-corrected chi connectivity index (χ3v) is 3.96. The van der Waals surface area contributed by atoms with Crippen molar-refractivity contribution in [2.45, 2.75) is 13.0 Å². The van der Waals surface area contributed by atoms with Crippen molar-refractivity contribution in [2.75, 3.05) is 0 Å². The Kier molecular flexibility index (Phi) is 4.07. The van der Waals surface area contributed by atoms with Crippen LogP contribution in [0.2, 0.25) is 10.0 Å². The molecule has 5 nitrogen and oxygen atoms in total. The molecule has 0 aliphatic rings. The Morgan fingerprint density at radius 1 is 1.35 bits per heavy atom. The van der Waals surface area contributed by atoms with Gasteiger partial charge >= 0.3 is 0 Å². The first kappa shape index (κ1) is 15.5. The molecule has 0 bridgehead atoms. The standard InChI is InChI=1S/C15H9Cl2FN4O/c1-8(13-10(16)2-3-11(18)14(13)17)23-12-4-5-22-15(21-12)9(6-19)7-20-22/h2-5,7-8H,1H3/t8-/m1/s1. The van der Waals surface area contributed by atoms with Crippen LogP contribution in [0.4, 0.5) is 4.39 Å². The molecule has 3 rings (SSSR count). The second-order valence-electron chi connectivity index (χ2n) is 4.72. The van der Waals surface area contributed by atoms with Crippen molar-refractivity contribution < 1.29 is 9.13 Å². The van der Waals surface area contributed by atoms with Gasteiger partial charge in [0.25, 0.3) is 0 Å². The third kappa shape index (κ3) is 2.81. The second kappa shape index (κ2) is 6.03. The van der Waals surface area contributed by atoms with Crippen LogP contribution in [0, 0.1) is 17.1 Å². The van der Waals surface area contributed by atoms with Crippen molar-refractivity contribution in [2.24, 2.45) is 0 Å². The summed E-state index contributed by atoms with van der Waals surface area (Å²) in [5, 5.41) is 13.2. The number of ether oxygens (including phenoxy) is 1. The average molecular weight is 351 g/mol. The molecule has 8 heteroatoms. The van der Waals surface area contributed by atoms with E-state index in [9.17, 15) is 4.39 Å². The Morgan fingerprint density at radius 2 is 2.13 bits per heavy atom. The SMILES string of the molecule is C[C@@H](Oc1ccn2ncc(C#N)c2n1)c1c(Cl)ccc(F)c1Cl. The molecule has 3 aromatic rings. The van der Waals surface area contributed by atoms with Gasteiger partial charge in [0.05, 0.1) is 11.2 Å². The Hall–Kier alpha value is -2.36. The molecule has 0 saturated carbocycles. The monoisotopic (exact) mass is 350 g/mol. The van der Waals surface area contributed by atoms with Crippen LogP contribution in [0.3, 0.4) is 0 Å². The number of halogens is 3. The van der Waals surface area contributed by atoms with E-state index in [-0.39, 0.29) is 10.9 Å². The van der Waals surface area contributed by atoms with Gasteiger partial charge in [0.1, 0.15) is 23.6 Å². The minimum Gasteiger partial charge on any atom is -0.470 e. The van der Waals surface area contributed by atoms with Crippen LogP contribution in [0.15, 0.2) is 30.6 Å². The van der Waals surface area contributed by atoms with Gasteiger partial charge in [-0.15, -0.1) is 0 Å². The van der Waals surface area contributed by atoms with Gasteiger partial charge in [0, 0.05) is 22.8 Å².